The highest BCUT2D eigenvalue weighted by Gasteiger charge is 2.67. The molecule has 1 aromatic carbocycles. The van der Waals surface area contributed by atoms with E-state index < -0.39 is 6.04 Å². The molecule has 0 spiro atoms. The summed E-state index contributed by atoms with van der Waals surface area (Å²) in [6.07, 6.45) is 5.44. The Morgan fingerprint density at radius 1 is 1.08 bits per heavy atom. The van der Waals surface area contributed by atoms with Gasteiger partial charge in [-0.25, -0.2) is 0 Å². The van der Waals surface area contributed by atoms with Crippen LogP contribution in [0.3, 0.4) is 0 Å². The molecule has 0 aromatic heterocycles. The smallest absolute Gasteiger partial charge is 0.243 e. The molecule has 0 radical (unpaired) electrons. The number of nitrogens with one attached hydrogen (secondary N) is 1. The van der Waals surface area contributed by atoms with Gasteiger partial charge >= 0.3 is 0 Å². The van der Waals surface area contributed by atoms with E-state index >= 15 is 0 Å². The zero-order valence-corrected chi connectivity index (χ0v) is 14.7. The van der Waals surface area contributed by atoms with Crippen molar-refractivity contribution in [2.75, 3.05) is 0 Å². The van der Waals surface area contributed by atoms with E-state index in [1.807, 2.05) is 30.3 Å². The van der Waals surface area contributed by atoms with Crippen LogP contribution in [0, 0.1) is 35.5 Å². The molecular weight excluding hydrogens is 328 g/mol. The van der Waals surface area contributed by atoms with Gasteiger partial charge in [0, 0.05) is 6.54 Å². The van der Waals surface area contributed by atoms with Gasteiger partial charge in [-0.3, -0.25) is 19.3 Å². The molecule has 0 unspecified atom stereocenters. The second kappa shape index (κ2) is 5.53. The van der Waals surface area contributed by atoms with Gasteiger partial charge in [0.25, 0.3) is 0 Å². The van der Waals surface area contributed by atoms with Crippen molar-refractivity contribution in [1.82, 2.24) is 10.2 Å². The second-order valence-electron chi connectivity index (χ2n) is 8.08. The largest absolute Gasteiger partial charge is 0.350 e. The standard InChI is InChI=1S/C21H22N2O3/c1-11(19(24)22-10-12-5-3-2-4-6-12)23-20(25)17-13-7-8-14(16-9-15(13)16)18(17)21(23)26/h2-8,11,13-18H,9-10H2,1H3,(H,22,24)/t11-,13+,14+,15+,16+,17-,18-/m0/s1. The van der Waals surface area contributed by atoms with Crippen molar-refractivity contribution in [1.29, 1.82) is 0 Å². The molecular formula is C21H22N2O3. The molecule has 3 amide bonds. The minimum atomic E-state index is -0.764. The molecule has 134 valence electrons. The number of carbonyl (C=O) groups is 3. The summed E-state index contributed by atoms with van der Waals surface area (Å²) in [6, 6.07) is 8.85. The first-order valence-corrected chi connectivity index (χ1v) is 9.45. The van der Waals surface area contributed by atoms with Crippen molar-refractivity contribution in [3.8, 4) is 0 Å². The topological polar surface area (TPSA) is 66.5 Å². The number of nitrogens with zero attached hydrogens (tertiary/aromatic N) is 1. The third kappa shape index (κ3) is 2.12. The molecule has 26 heavy (non-hydrogen) atoms. The van der Waals surface area contributed by atoms with Crippen LogP contribution in [-0.4, -0.2) is 28.7 Å². The number of hydrogen-bond donors (Lipinski definition) is 1. The zero-order chi connectivity index (χ0) is 18.0. The number of imide groups is 1. The van der Waals surface area contributed by atoms with Crippen LogP contribution in [0.15, 0.2) is 42.5 Å². The van der Waals surface area contributed by atoms with E-state index in [2.05, 4.69) is 17.5 Å². The lowest BCUT2D eigenvalue weighted by Crippen LogP contribution is -2.48. The quantitative estimate of drug-likeness (QED) is 0.664. The Labute approximate surface area is 152 Å². The first-order chi connectivity index (χ1) is 12.6. The van der Waals surface area contributed by atoms with Gasteiger partial charge in [-0.2, -0.15) is 0 Å². The number of benzene rings is 1. The van der Waals surface area contributed by atoms with E-state index in [0.717, 1.165) is 12.0 Å². The number of hydrogen-bond acceptors (Lipinski definition) is 3. The van der Waals surface area contributed by atoms with Gasteiger partial charge < -0.3 is 5.32 Å². The van der Waals surface area contributed by atoms with Gasteiger partial charge in [-0.1, -0.05) is 42.5 Å². The Balaban J connectivity index is 1.32. The summed E-state index contributed by atoms with van der Waals surface area (Å²) in [4.78, 5) is 39.9. The summed E-state index contributed by atoms with van der Waals surface area (Å²) in [5.74, 6) is 0.470. The number of carbonyl (C=O) groups excluding carboxylic acids is 3. The fraction of sp³-hybridized carbons (Fsp3) is 0.476. The zero-order valence-electron chi connectivity index (χ0n) is 14.7. The predicted octanol–water partition coefficient (Wildman–Crippen LogP) is 1.74. The third-order valence-electron chi connectivity index (χ3n) is 6.77. The van der Waals surface area contributed by atoms with Gasteiger partial charge in [0.05, 0.1) is 11.8 Å². The summed E-state index contributed by atoms with van der Waals surface area (Å²) >= 11 is 0. The van der Waals surface area contributed by atoms with E-state index in [1.165, 1.54) is 4.90 Å². The average Bonchev–Trinajstić information content (AvgIpc) is 3.44. The van der Waals surface area contributed by atoms with Crippen molar-refractivity contribution >= 4 is 17.7 Å². The van der Waals surface area contributed by atoms with Crippen LogP contribution in [0.5, 0.6) is 0 Å². The Kier molecular flexibility index (Phi) is 3.36. The van der Waals surface area contributed by atoms with Crippen molar-refractivity contribution in [3.63, 3.8) is 0 Å². The third-order valence-corrected chi connectivity index (χ3v) is 6.77. The minimum Gasteiger partial charge on any atom is -0.350 e. The molecule has 5 heteroatoms. The van der Waals surface area contributed by atoms with E-state index in [0.29, 0.717) is 18.4 Å². The van der Waals surface area contributed by atoms with Crippen LogP contribution in [0.25, 0.3) is 0 Å². The summed E-state index contributed by atoms with van der Waals surface area (Å²) in [5.41, 5.74) is 0.989. The Hall–Kier alpha value is -2.43. The average molecular weight is 350 g/mol. The molecule has 3 fully saturated rings. The summed E-state index contributed by atoms with van der Waals surface area (Å²) in [5, 5.41) is 2.85. The predicted molar refractivity (Wildman–Crippen MR) is 94.3 cm³/mol. The van der Waals surface area contributed by atoms with Crippen molar-refractivity contribution < 1.29 is 14.4 Å². The lowest BCUT2D eigenvalue weighted by atomic mass is 9.63. The van der Waals surface area contributed by atoms with E-state index in [9.17, 15) is 14.4 Å². The fourth-order valence-electron chi connectivity index (χ4n) is 5.41. The van der Waals surface area contributed by atoms with Gasteiger partial charge in [0.1, 0.15) is 6.04 Å². The maximum atomic E-state index is 13.0. The molecule has 7 atom stereocenters. The lowest BCUT2D eigenvalue weighted by Gasteiger charge is -2.37. The summed E-state index contributed by atoms with van der Waals surface area (Å²) in [7, 11) is 0. The summed E-state index contributed by atoms with van der Waals surface area (Å²) < 4.78 is 0. The van der Waals surface area contributed by atoms with Crippen LogP contribution in [0.1, 0.15) is 18.9 Å². The van der Waals surface area contributed by atoms with Crippen molar-refractivity contribution in [3.05, 3.63) is 48.0 Å². The SMILES string of the molecule is C[C@@H](C(=O)NCc1ccccc1)N1C(=O)[C@H]2[C@@H]3C=C[C@H]([C@H]4C[C@H]34)[C@@H]2C1=O. The highest BCUT2D eigenvalue weighted by molar-refractivity contribution is 6.09. The van der Waals surface area contributed by atoms with Gasteiger partial charge in [0.2, 0.25) is 17.7 Å². The van der Waals surface area contributed by atoms with Gasteiger partial charge in [-0.05, 0) is 42.6 Å². The lowest BCUT2D eigenvalue weighted by molar-refractivity contribution is -0.147. The highest BCUT2D eigenvalue weighted by atomic mass is 16.2. The monoisotopic (exact) mass is 350 g/mol. The maximum absolute atomic E-state index is 13.0. The van der Waals surface area contributed by atoms with Crippen molar-refractivity contribution in [2.24, 2.45) is 35.5 Å². The Bertz CT molecular complexity index is 782. The second-order valence-corrected chi connectivity index (χ2v) is 8.08. The highest BCUT2D eigenvalue weighted by Crippen LogP contribution is 2.65. The van der Waals surface area contributed by atoms with Crippen molar-refractivity contribution in [2.45, 2.75) is 25.9 Å². The molecule has 5 aliphatic rings. The van der Waals surface area contributed by atoms with Crippen LogP contribution >= 0.6 is 0 Å². The number of amides is 3. The normalized spacial score (nSPS) is 37.3. The number of likely N-dealkylation sites (tertiary alicyclic amines) is 1. The minimum absolute atomic E-state index is 0.146. The van der Waals surface area contributed by atoms with E-state index in [4.69, 9.17) is 0 Å². The molecule has 5 nitrogen and oxygen atoms in total. The molecule has 1 N–H and O–H groups in total. The first-order valence-electron chi connectivity index (χ1n) is 9.45. The van der Waals surface area contributed by atoms with Crippen LogP contribution in [-0.2, 0) is 20.9 Å². The molecule has 1 heterocycles. The molecule has 1 aliphatic heterocycles. The molecule has 2 bridgehead atoms. The molecule has 1 aromatic rings. The van der Waals surface area contributed by atoms with Gasteiger partial charge in [-0.15, -0.1) is 0 Å². The molecule has 2 saturated carbocycles. The van der Waals surface area contributed by atoms with Crippen LogP contribution in [0.4, 0.5) is 0 Å². The van der Waals surface area contributed by atoms with E-state index in [1.54, 1.807) is 6.92 Å². The molecule has 4 aliphatic carbocycles. The summed E-state index contributed by atoms with van der Waals surface area (Å²) in [6.45, 7) is 2.05. The maximum Gasteiger partial charge on any atom is 0.243 e. The van der Waals surface area contributed by atoms with Crippen LogP contribution in [0.2, 0.25) is 0 Å². The first kappa shape index (κ1) is 15.8. The Morgan fingerprint density at radius 2 is 1.65 bits per heavy atom. The van der Waals surface area contributed by atoms with Crippen LogP contribution < -0.4 is 5.32 Å². The number of allylic oxidation sites excluding steroid dienone is 2. The van der Waals surface area contributed by atoms with E-state index in [-0.39, 0.29) is 41.4 Å². The fourth-order valence-corrected chi connectivity index (χ4v) is 5.41. The number of rotatable bonds is 4. The Morgan fingerprint density at radius 3 is 2.23 bits per heavy atom. The van der Waals surface area contributed by atoms with Gasteiger partial charge in [0.15, 0.2) is 0 Å². The molecule has 1 saturated heterocycles. The molecule has 6 rings (SSSR count).